The number of rotatable bonds is 16. The fourth-order valence-corrected chi connectivity index (χ4v) is 18.4. The molecule has 27 nitrogen and oxygen atoms in total. The van der Waals surface area contributed by atoms with E-state index >= 15 is 0 Å². The fourth-order valence-electron chi connectivity index (χ4n) is 18.4. The molecule has 149 heavy (non-hydrogen) atoms. The summed E-state index contributed by atoms with van der Waals surface area (Å²) in [6.07, 6.45) is 4.22. The average molecular weight is 2020 g/mol. The summed E-state index contributed by atoms with van der Waals surface area (Å²) in [5, 5.41) is 10.5. The summed E-state index contributed by atoms with van der Waals surface area (Å²) in [4.78, 5) is 157. The van der Waals surface area contributed by atoms with Crippen molar-refractivity contribution in [2.45, 2.75) is 130 Å². The van der Waals surface area contributed by atoms with Crippen molar-refractivity contribution in [3.8, 4) is 44.5 Å². The van der Waals surface area contributed by atoms with Gasteiger partial charge in [0.15, 0.2) is 22.9 Å². The first-order valence-electron chi connectivity index (χ1n) is 46.6. The van der Waals surface area contributed by atoms with Crippen LogP contribution in [0.25, 0.3) is 44.5 Å². The van der Waals surface area contributed by atoms with E-state index in [1.54, 1.807) is 240 Å². The molecule has 0 aliphatic carbocycles. The van der Waals surface area contributed by atoms with Gasteiger partial charge in [0, 0.05) is 107 Å². The van der Waals surface area contributed by atoms with Gasteiger partial charge in [0.1, 0.15) is 12.1 Å². The highest BCUT2D eigenvalue weighted by Crippen LogP contribution is 2.55. The van der Waals surface area contributed by atoms with Crippen LogP contribution in [0.5, 0.6) is 0 Å². The number of carbonyl (C=O) groups excluding carboxylic acids is 8. The van der Waals surface area contributed by atoms with Crippen LogP contribution in [-0.4, -0.2) is 102 Å². The molecule has 0 saturated carbocycles. The summed E-state index contributed by atoms with van der Waals surface area (Å²) in [5.74, 6) is -2.86. The van der Waals surface area contributed by atoms with Gasteiger partial charge in [-0.1, -0.05) is 119 Å². The zero-order valence-electron chi connectivity index (χ0n) is 82.2. The van der Waals surface area contributed by atoms with Gasteiger partial charge in [0.2, 0.25) is 29.6 Å². The van der Waals surface area contributed by atoms with Crippen molar-refractivity contribution in [2.75, 3.05) is 40.9 Å². The first-order valence-corrected chi connectivity index (χ1v) is 46.6. The maximum atomic E-state index is 13.9. The molecule has 8 aromatic heterocycles. The van der Waals surface area contributed by atoms with E-state index in [1.165, 1.54) is 46.9 Å². The predicted octanol–water partition coefficient (Wildman–Crippen LogP) is 24.2. The highest BCUT2D eigenvalue weighted by Gasteiger charge is 2.53. The van der Waals surface area contributed by atoms with Gasteiger partial charge >= 0.3 is 18.5 Å². The van der Waals surface area contributed by atoms with Crippen molar-refractivity contribution in [2.24, 2.45) is 0 Å². The molecule has 4 aliphatic heterocycles. The summed E-state index contributed by atoms with van der Waals surface area (Å²) >= 11 is 0. The van der Waals surface area contributed by atoms with E-state index in [0.717, 1.165) is 75.0 Å². The molecule has 36 heteroatoms. The molecule has 0 unspecified atom stereocenters. The molecule has 16 aromatic rings. The highest BCUT2D eigenvalue weighted by molar-refractivity contribution is 6.18. The number of alkyl halides is 9. The first kappa shape index (κ1) is 102. The molecular formula is C113H92F9N19O8. The van der Waals surface area contributed by atoms with Gasteiger partial charge in [-0.05, 0) is 256 Å². The number of nitrogens with zero attached hydrogens (tertiary/aromatic N) is 15. The van der Waals surface area contributed by atoms with Crippen LogP contribution < -0.4 is 40.9 Å². The molecule has 0 fully saturated rings. The lowest BCUT2D eigenvalue weighted by Gasteiger charge is -2.21. The number of aromatic nitrogens is 11. The minimum absolute atomic E-state index is 0.0853. The summed E-state index contributed by atoms with van der Waals surface area (Å²) in [6.45, 7) is 23.6. The molecule has 20 rings (SSSR count). The Morgan fingerprint density at radius 1 is 0.282 bits per heavy atom. The Morgan fingerprint density at radius 3 is 0.940 bits per heavy atom. The zero-order valence-corrected chi connectivity index (χ0v) is 82.2. The fraction of sp³-hybridized carbons (Fsp3) is 0.177. The van der Waals surface area contributed by atoms with Gasteiger partial charge < -0.3 is 21.3 Å². The second kappa shape index (κ2) is 40.1. The Bertz CT molecular complexity index is 7400. The van der Waals surface area contributed by atoms with Crippen LogP contribution in [0.15, 0.2) is 299 Å². The van der Waals surface area contributed by atoms with Gasteiger partial charge in [-0.25, -0.2) is 29.8 Å². The molecule has 0 radical (unpaired) electrons. The molecule has 0 atom stereocenters. The molecule has 0 saturated heterocycles. The van der Waals surface area contributed by atoms with Crippen molar-refractivity contribution < 1.29 is 77.9 Å². The molecule has 12 heterocycles. The minimum Gasteiger partial charge on any atom is -0.322 e. The zero-order chi connectivity index (χ0) is 106. The number of aryl methyl sites for hydroxylation is 5. The third kappa shape index (κ3) is 20.2. The number of carbonyl (C=O) groups is 8. The molecule has 4 aliphatic rings. The predicted molar refractivity (Wildman–Crippen MR) is 546 cm³/mol. The number of nitrogens with one attached hydrogen (secondary N) is 4. The largest absolute Gasteiger partial charge is 0.434 e. The monoisotopic (exact) mass is 2010 g/mol. The maximum absolute atomic E-state index is 13.9. The van der Waals surface area contributed by atoms with E-state index in [9.17, 15) is 77.9 Å². The Labute approximate surface area is 848 Å². The van der Waals surface area contributed by atoms with Gasteiger partial charge in [-0.3, -0.25) is 83.0 Å². The first-order chi connectivity index (χ1) is 70.7. The lowest BCUT2D eigenvalue weighted by atomic mass is 9.81. The molecule has 0 spiro atoms. The van der Waals surface area contributed by atoms with E-state index in [1.807, 2.05) is 97.0 Å². The molecule has 8 amide bonds. The van der Waals surface area contributed by atoms with Crippen molar-refractivity contribution in [1.82, 2.24) is 54.8 Å². The Kier molecular flexibility index (Phi) is 27.6. The van der Waals surface area contributed by atoms with E-state index in [4.69, 9.17) is 0 Å². The van der Waals surface area contributed by atoms with Crippen LogP contribution in [-0.2, 0) is 59.4 Å². The quantitative estimate of drug-likeness (QED) is 0.0653. The SMILES string of the molecule is Cc1ccc(NC(=O)c2cc(-c3cccc4c3C(C)(C)C(=O)N4c3cccnc3)cnc2C(F)(F)F)cc1.Cc1ccc(NC(=O)c2cc(-c3cccc4c3C(C)(C)C(=O)N4c3ccncn3)cnc2C(F)(F)F)cc1.Cc1ccc(NC(=O)c2cc(-c3cccc4c3C(C)(C)C(=O)N4c3cnccn3)cnc2C)cc1.Cc1ccc(NC(=O)c2cc(-c3cccc4c3C(C)(C)C(=O)N4c3ncccn3)cnc2C(F)(F)F)cc1. The summed E-state index contributed by atoms with van der Waals surface area (Å²) < 4.78 is 125. The van der Waals surface area contributed by atoms with E-state index in [0.29, 0.717) is 96.1 Å². The number of amides is 8. The lowest BCUT2D eigenvalue weighted by molar-refractivity contribution is -0.142. The van der Waals surface area contributed by atoms with E-state index < -0.39 is 91.7 Å². The summed E-state index contributed by atoms with van der Waals surface area (Å²) in [5.41, 5.74) is 6.74. The van der Waals surface area contributed by atoms with Crippen molar-refractivity contribution in [1.29, 1.82) is 0 Å². The van der Waals surface area contributed by atoms with Crippen molar-refractivity contribution in [3.05, 3.63) is 389 Å². The number of benzene rings is 8. The standard InChI is InChI=1S/C29H23F3N4O2.2C28H22F3N5O2.C28H25N5O2/c1-17-9-11-19(12-10-17)35-26(37)22-14-18(15-34-25(22)29(30,31)32)21-7-4-8-23-24(21)28(2,3)27(38)36(23)20-6-5-13-33-16-20;1-16-8-10-18(11-9-16)35-24(37)20-14-17(15-34-23(20)28(29,30)31)19-6-4-7-21-22(19)27(2,3)25(38)36(21)26-32-12-5-13-33-26;1-16-7-9-18(10-8-16)35-25(37)20-13-17(14-33-24(20)28(29,30)31)19-5-4-6-21-23(19)27(2,3)26(38)36(21)22-11-12-32-15-34-22;1-17-8-10-20(11-9-17)32-26(34)22-14-19(15-31-18(22)2)21-6-5-7-23-25(21)28(3,4)27(35)33(23)24-16-29-12-13-30-24/h4-16H,1-3H3,(H,35,37);2*4-15H,1-3H3,(H,35,37);5-16H,1-4H3,(H,32,34). The molecule has 4 N–H and O–H groups in total. The van der Waals surface area contributed by atoms with Crippen LogP contribution in [0.1, 0.15) is 164 Å². The molecular weight excluding hydrogens is 1920 g/mol. The Hall–Kier alpha value is -18.1. The lowest BCUT2D eigenvalue weighted by Crippen LogP contribution is -2.34. The van der Waals surface area contributed by atoms with Crippen LogP contribution in [0.2, 0.25) is 0 Å². The number of halogens is 9. The third-order valence-corrected chi connectivity index (χ3v) is 25.8. The third-order valence-electron chi connectivity index (χ3n) is 25.8. The minimum atomic E-state index is -4.85. The van der Waals surface area contributed by atoms with Gasteiger partial charge in [0.05, 0.1) is 90.4 Å². The second-order valence-corrected chi connectivity index (χ2v) is 37.7. The summed E-state index contributed by atoms with van der Waals surface area (Å²) in [6, 6.07) is 61.0. The second-order valence-electron chi connectivity index (χ2n) is 37.7. The Morgan fingerprint density at radius 2 is 0.604 bits per heavy atom. The molecule has 8 aromatic carbocycles. The van der Waals surface area contributed by atoms with Crippen LogP contribution in [0, 0.1) is 34.6 Å². The maximum Gasteiger partial charge on any atom is 0.434 e. The number of pyridine rings is 5. The van der Waals surface area contributed by atoms with Crippen molar-refractivity contribution >= 4 is 116 Å². The van der Waals surface area contributed by atoms with Gasteiger partial charge in [-0.2, -0.15) is 39.5 Å². The smallest absolute Gasteiger partial charge is 0.322 e. The molecule has 750 valence electrons. The number of hydrogen-bond donors (Lipinski definition) is 4. The Balaban J connectivity index is 0.000000135. The average Bonchev–Trinajstić information content (AvgIpc) is 1.58. The normalized spacial score (nSPS) is 14.3. The van der Waals surface area contributed by atoms with Crippen LogP contribution in [0.4, 0.5) is 108 Å². The van der Waals surface area contributed by atoms with E-state index in [-0.39, 0.29) is 52.2 Å². The highest BCUT2D eigenvalue weighted by atomic mass is 19.4. The number of anilines is 12. The summed E-state index contributed by atoms with van der Waals surface area (Å²) in [7, 11) is 0. The van der Waals surface area contributed by atoms with Crippen LogP contribution >= 0.6 is 0 Å². The topological polar surface area (TPSA) is 339 Å². The number of hydrogen-bond acceptors (Lipinski definition) is 19. The van der Waals surface area contributed by atoms with Crippen molar-refractivity contribution in [3.63, 3.8) is 0 Å². The van der Waals surface area contributed by atoms with Crippen LogP contribution in [0.3, 0.4) is 0 Å². The van der Waals surface area contributed by atoms with E-state index in [2.05, 4.69) is 76.1 Å². The van der Waals surface area contributed by atoms with Gasteiger partial charge in [-0.15, -0.1) is 0 Å². The van der Waals surface area contributed by atoms with Gasteiger partial charge in [0.25, 0.3) is 23.6 Å². The molecule has 0 bridgehead atoms. The number of fused-ring (bicyclic) bond motifs is 4.